The Morgan fingerprint density at radius 3 is 2.67 bits per heavy atom. The molecule has 2 aromatic rings. The molecule has 1 atom stereocenters. The van der Waals surface area contributed by atoms with Crippen molar-refractivity contribution in [3.8, 4) is 5.75 Å². The van der Waals surface area contributed by atoms with Crippen LogP contribution in [0.25, 0.3) is 0 Å². The number of non-ortho nitro benzene ring substituents is 1. The fraction of sp³-hybridized carbons (Fsp3) is 0.278. The van der Waals surface area contributed by atoms with Gasteiger partial charge in [-0.2, -0.15) is 0 Å². The molecule has 0 unspecified atom stereocenters. The molecular formula is C18H22ClN4O3S+. The number of anilines is 1. The van der Waals surface area contributed by atoms with E-state index in [1.54, 1.807) is 7.11 Å². The number of para-hydroxylation sites is 1. The van der Waals surface area contributed by atoms with Crippen molar-refractivity contribution in [2.24, 2.45) is 0 Å². The maximum atomic E-state index is 10.9. The number of nitrogens with zero attached hydrogens (tertiary/aromatic N) is 1. The second-order valence-electron chi connectivity index (χ2n) is 6.13. The van der Waals surface area contributed by atoms with Crippen LogP contribution in [0, 0.1) is 10.1 Å². The molecule has 0 aliphatic heterocycles. The van der Waals surface area contributed by atoms with E-state index in [0.29, 0.717) is 22.4 Å². The van der Waals surface area contributed by atoms with Crippen molar-refractivity contribution in [3.63, 3.8) is 0 Å². The van der Waals surface area contributed by atoms with Gasteiger partial charge in [0.15, 0.2) is 5.11 Å². The zero-order valence-corrected chi connectivity index (χ0v) is 16.9. The molecule has 9 heteroatoms. The maximum absolute atomic E-state index is 10.9. The zero-order valence-electron chi connectivity index (χ0n) is 15.3. The molecule has 144 valence electrons. The van der Waals surface area contributed by atoms with E-state index >= 15 is 0 Å². The zero-order chi connectivity index (χ0) is 20.0. The molecule has 27 heavy (non-hydrogen) atoms. The quantitative estimate of drug-likeness (QED) is 0.370. The van der Waals surface area contributed by atoms with Crippen molar-refractivity contribution < 1.29 is 14.6 Å². The van der Waals surface area contributed by atoms with E-state index in [4.69, 9.17) is 28.6 Å². The van der Waals surface area contributed by atoms with Crippen LogP contribution >= 0.6 is 23.8 Å². The van der Waals surface area contributed by atoms with Crippen LogP contribution in [0.4, 0.5) is 11.4 Å². The van der Waals surface area contributed by atoms with Gasteiger partial charge in [-0.05, 0) is 30.4 Å². The van der Waals surface area contributed by atoms with Gasteiger partial charge < -0.3 is 20.3 Å². The summed E-state index contributed by atoms with van der Waals surface area (Å²) in [6.45, 7) is 0.543. The highest BCUT2D eigenvalue weighted by Crippen LogP contribution is 2.27. The third-order valence-electron chi connectivity index (χ3n) is 4.09. The lowest BCUT2D eigenvalue weighted by molar-refractivity contribution is -0.890. The molecule has 0 saturated carbocycles. The summed E-state index contributed by atoms with van der Waals surface area (Å²) in [6, 6.07) is 12.1. The SMILES string of the molecule is COc1ccccc1[C@@H](CNC(=S)Nc1cc([N+](=O)[O-])ccc1Cl)[NH+](C)C. The standard InChI is InChI=1S/C18H21ClN4O3S/c1-22(2)16(13-6-4-5-7-17(13)26-3)11-20-18(27)21-15-10-12(23(24)25)8-9-14(15)19/h4-10,16H,11H2,1-3H3,(H2,20,21,27)/p+1/t16-/m1/s1. The number of hydrogen-bond acceptors (Lipinski definition) is 4. The maximum Gasteiger partial charge on any atom is 0.271 e. The largest absolute Gasteiger partial charge is 0.496 e. The monoisotopic (exact) mass is 409 g/mol. The highest BCUT2D eigenvalue weighted by atomic mass is 35.5. The number of quaternary nitrogens is 1. The lowest BCUT2D eigenvalue weighted by Crippen LogP contribution is -3.07. The summed E-state index contributed by atoms with van der Waals surface area (Å²) in [7, 11) is 5.74. The van der Waals surface area contributed by atoms with Crippen LogP contribution in [0.3, 0.4) is 0 Å². The van der Waals surface area contributed by atoms with Gasteiger partial charge in [0.05, 0.1) is 48.9 Å². The summed E-state index contributed by atoms with van der Waals surface area (Å²) in [5.41, 5.74) is 1.38. The number of nitro benzene ring substituents is 1. The molecule has 0 aliphatic carbocycles. The van der Waals surface area contributed by atoms with Gasteiger partial charge in [0.1, 0.15) is 11.8 Å². The molecule has 0 amide bonds. The third-order valence-corrected chi connectivity index (χ3v) is 4.66. The normalized spacial score (nSPS) is 11.7. The molecule has 0 aliphatic rings. The van der Waals surface area contributed by atoms with E-state index < -0.39 is 4.92 Å². The minimum absolute atomic E-state index is 0.0608. The lowest BCUT2D eigenvalue weighted by Gasteiger charge is -2.24. The molecule has 2 aromatic carbocycles. The Morgan fingerprint density at radius 1 is 1.33 bits per heavy atom. The topological polar surface area (TPSA) is 80.9 Å². The fourth-order valence-electron chi connectivity index (χ4n) is 2.66. The summed E-state index contributed by atoms with van der Waals surface area (Å²) in [6.07, 6.45) is 0. The number of nitro groups is 1. The number of rotatable bonds is 7. The molecule has 0 bridgehead atoms. The first-order chi connectivity index (χ1) is 12.8. The van der Waals surface area contributed by atoms with E-state index in [1.165, 1.54) is 23.1 Å². The van der Waals surface area contributed by atoms with E-state index in [-0.39, 0.29) is 11.7 Å². The van der Waals surface area contributed by atoms with Crippen molar-refractivity contribution in [2.75, 3.05) is 33.1 Å². The Bertz CT molecular complexity index is 832. The van der Waals surface area contributed by atoms with Crippen molar-refractivity contribution in [1.82, 2.24) is 5.32 Å². The van der Waals surface area contributed by atoms with Crippen LogP contribution in [-0.4, -0.2) is 37.8 Å². The summed E-state index contributed by atoms with van der Waals surface area (Å²) in [4.78, 5) is 11.6. The Kier molecular flexibility index (Phi) is 7.35. The summed E-state index contributed by atoms with van der Waals surface area (Å²) >= 11 is 11.4. The number of ether oxygens (including phenoxy) is 1. The Balaban J connectivity index is 2.09. The summed E-state index contributed by atoms with van der Waals surface area (Å²) in [5, 5.41) is 17.7. The molecular weight excluding hydrogens is 388 g/mol. The van der Waals surface area contributed by atoms with Gasteiger partial charge in [0.25, 0.3) is 5.69 Å². The molecule has 3 N–H and O–H groups in total. The molecule has 2 rings (SSSR count). The smallest absolute Gasteiger partial charge is 0.271 e. The number of benzene rings is 2. The van der Waals surface area contributed by atoms with Crippen molar-refractivity contribution in [2.45, 2.75) is 6.04 Å². The molecule has 0 fully saturated rings. The van der Waals surface area contributed by atoms with Crippen molar-refractivity contribution in [1.29, 1.82) is 0 Å². The number of nitrogens with one attached hydrogen (secondary N) is 3. The second-order valence-corrected chi connectivity index (χ2v) is 6.94. The van der Waals surface area contributed by atoms with Crippen LogP contribution in [0.2, 0.25) is 5.02 Å². The molecule has 0 heterocycles. The van der Waals surface area contributed by atoms with Gasteiger partial charge in [0.2, 0.25) is 0 Å². The summed E-state index contributed by atoms with van der Waals surface area (Å²) < 4.78 is 5.46. The average Bonchev–Trinajstić information content (AvgIpc) is 2.63. The third kappa shape index (κ3) is 5.53. The molecule has 7 nitrogen and oxygen atoms in total. The number of likely N-dealkylation sites (N-methyl/N-ethyl adjacent to an activating group) is 1. The van der Waals surface area contributed by atoms with Gasteiger partial charge in [-0.25, -0.2) is 0 Å². The predicted octanol–water partition coefficient (Wildman–Crippen LogP) is 2.43. The molecule has 0 aromatic heterocycles. The number of hydrogen-bond donors (Lipinski definition) is 3. The van der Waals surface area contributed by atoms with E-state index in [0.717, 1.165) is 11.3 Å². The van der Waals surface area contributed by atoms with Gasteiger partial charge in [0, 0.05) is 12.1 Å². The molecule has 0 radical (unpaired) electrons. The number of halogens is 1. The summed E-state index contributed by atoms with van der Waals surface area (Å²) in [5.74, 6) is 0.811. The Labute approximate surface area is 168 Å². The second kappa shape index (κ2) is 9.50. The first-order valence-corrected chi connectivity index (χ1v) is 9.03. The first kappa shape index (κ1) is 20.9. The van der Waals surface area contributed by atoms with E-state index in [2.05, 4.69) is 10.6 Å². The van der Waals surface area contributed by atoms with Crippen LogP contribution in [0.5, 0.6) is 5.75 Å². The first-order valence-electron chi connectivity index (χ1n) is 8.25. The highest BCUT2D eigenvalue weighted by Gasteiger charge is 2.22. The fourth-order valence-corrected chi connectivity index (χ4v) is 3.02. The van der Waals surface area contributed by atoms with Gasteiger partial charge in [-0.15, -0.1) is 0 Å². The number of methoxy groups -OCH3 is 1. The number of thiocarbonyl (C=S) groups is 1. The molecule has 0 saturated heterocycles. The van der Waals surface area contributed by atoms with Crippen LogP contribution < -0.4 is 20.3 Å². The molecule has 0 spiro atoms. The van der Waals surface area contributed by atoms with E-state index in [9.17, 15) is 10.1 Å². The minimum atomic E-state index is -0.481. The van der Waals surface area contributed by atoms with Crippen LogP contribution in [0.1, 0.15) is 11.6 Å². The van der Waals surface area contributed by atoms with Gasteiger partial charge in [-0.3, -0.25) is 10.1 Å². The van der Waals surface area contributed by atoms with Gasteiger partial charge >= 0.3 is 0 Å². The average molecular weight is 410 g/mol. The van der Waals surface area contributed by atoms with Crippen molar-refractivity contribution in [3.05, 3.63) is 63.2 Å². The van der Waals surface area contributed by atoms with Crippen LogP contribution in [-0.2, 0) is 0 Å². The predicted molar refractivity (Wildman–Crippen MR) is 111 cm³/mol. The Hall–Kier alpha value is -2.42. The highest BCUT2D eigenvalue weighted by molar-refractivity contribution is 7.80. The van der Waals surface area contributed by atoms with Crippen LogP contribution in [0.15, 0.2) is 42.5 Å². The minimum Gasteiger partial charge on any atom is -0.496 e. The van der Waals surface area contributed by atoms with Crippen molar-refractivity contribution >= 4 is 40.3 Å². The Morgan fingerprint density at radius 2 is 2.04 bits per heavy atom. The lowest BCUT2D eigenvalue weighted by atomic mass is 10.0. The van der Waals surface area contributed by atoms with Gasteiger partial charge in [-0.1, -0.05) is 23.7 Å². The van der Waals surface area contributed by atoms with E-state index in [1.807, 2.05) is 38.4 Å².